The summed E-state index contributed by atoms with van der Waals surface area (Å²) >= 11 is 1.31. The number of esters is 5. The zero-order valence-electron chi connectivity index (χ0n) is 47.6. The predicted octanol–water partition coefficient (Wildman–Crippen LogP) is 17.2. The summed E-state index contributed by atoms with van der Waals surface area (Å²) in [4.78, 5) is 83.7. The lowest BCUT2D eigenvalue weighted by Crippen LogP contribution is -2.60. The number of carbonyl (C=O) groups excluding carboxylic acids is 7. The molecular weight excluding hydrogens is 1040 g/mol. The molecular formula is C67H129NO12S. The van der Waals surface area contributed by atoms with Gasteiger partial charge in [0.2, 0.25) is 11.0 Å². The van der Waals surface area contributed by atoms with Crippen molar-refractivity contribution in [1.29, 1.82) is 0 Å². The standard InChI is InChI=1S/C18H26O6.C18H30O2.C13H24O2.C10H17NO2S.8CH4/c1-4-18(2,3)17(21)22-9-14(19)24-15-11-5-10-6-12(8-11)16(20)23-13(15)7-10;1-5-17(3,4)16(19)20-18(6-2)14-8-12-7-13(10-14)11-15(18)9-12;1-5-12(3,4)11(14)15-13(6-2)9-7-8-10-13;1-4-10(2,3)9(13)11-7-5-6-14-8(7)12;;;;;;;;/h10-13,15H,4-9H2,1-3H3;12-15H,5-11H2,1-4H3;5-10H2,1-4H3;7H,4-6H2,1-3H3,(H,11,13);8*1H4. The van der Waals surface area contributed by atoms with Crippen LogP contribution in [0.2, 0.25) is 0 Å². The second-order valence-corrected chi connectivity index (χ2v) is 26.9. The number of hydrogen-bond donors (Lipinski definition) is 1. The molecule has 81 heavy (non-hydrogen) atoms. The van der Waals surface area contributed by atoms with E-state index in [1.54, 1.807) is 13.8 Å². The highest BCUT2D eigenvalue weighted by Gasteiger charge is 2.59. The van der Waals surface area contributed by atoms with E-state index in [-0.39, 0.29) is 146 Å². The number of fused-ring (bicyclic) bond motifs is 1. The summed E-state index contributed by atoms with van der Waals surface area (Å²) in [5.74, 6) is 3.45. The van der Waals surface area contributed by atoms with Crippen LogP contribution in [-0.2, 0) is 57.2 Å². The SMILES string of the molecule is C.C.C.C.C.C.C.C.CCC(C)(C)C(=O)NC1CCSC1=O.CCC(C)(C)C(=O)OC1(CC)C2CC3CC(C2)CC1C3.CCC(C)(C)C(=O)OCC(=O)OC1C2CC3CC(C2)C(=O)OC1C3.CCC1(OC(=O)C(C)(C)CC)CCCC1. The first kappa shape index (κ1) is 84.3. The number of hydrogen-bond acceptors (Lipinski definition) is 13. The largest absolute Gasteiger partial charge is 0.459 e. The van der Waals surface area contributed by atoms with Gasteiger partial charge in [0.25, 0.3) is 0 Å². The summed E-state index contributed by atoms with van der Waals surface area (Å²) < 4.78 is 28.2. The third kappa shape index (κ3) is 20.5. The van der Waals surface area contributed by atoms with Gasteiger partial charge in [0.15, 0.2) is 6.61 Å². The van der Waals surface area contributed by atoms with Gasteiger partial charge in [-0.05, 0) is 200 Å². The van der Waals surface area contributed by atoms with Crippen LogP contribution in [0.15, 0.2) is 0 Å². The van der Waals surface area contributed by atoms with Gasteiger partial charge in [0.1, 0.15) is 23.4 Å². The molecule has 1 N–H and O–H groups in total. The minimum Gasteiger partial charge on any atom is -0.459 e. The maximum Gasteiger partial charge on any atom is 0.344 e. The fraction of sp³-hybridized carbons (Fsp3) is 0.896. The van der Waals surface area contributed by atoms with Crippen LogP contribution >= 0.6 is 11.8 Å². The van der Waals surface area contributed by atoms with Gasteiger partial charge < -0.3 is 29.0 Å². The molecule has 6 atom stereocenters. The first-order chi connectivity index (χ1) is 34.1. The lowest BCUT2D eigenvalue weighted by atomic mass is 9.49. The van der Waals surface area contributed by atoms with E-state index in [0.717, 1.165) is 94.6 Å². The number of ether oxygens (including phenoxy) is 5. The summed E-state index contributed by atoms with van der Waals surface area (Å²) in [5, 5.41) is 2.91. The highest BCUT2D eigenvalue weighted by molar-refractivity contribution is 8.14. The second-order valence-electron chi connectivity index (χ2n) is 25.8. The van der Waals surface area contributed by atoms with E-state index < -0.39 is 23.5 Å². The molecule has 8 bridgehead atoms. The van der Waals surface area contributed by atoms with Crippen LogP contribution in [0.4, 0.5) is 0 Å². The zero-order chi connectivity index (χ0) is 54.3. The molecule has 0 aromatic heterocycles. The Bertz CT molecular complexity index is 1920. The fourth-order valence-corrected chi connectivity index (χ4v) is 13.4. The quantitative estimate of drug-likeness (QED) is 0.114. The summed E-state index contributed by atoms with van der Waals surface area (Å²) in [6, 6.07) is -0.252. The summed E-state index contributed by atoms with van der Waals surface area (Å²) in [6.45, 7) is 27.3. The molecule has 14 heteroatoms. The Balaban J connectivity index is -0.000000482. The smallest absolute Gasteiger partial charge is 0.344 e. The van der Waals surface area contributed by atoms with Crippen molar-refractivity contribution in [3.05, 3.63) is 0 Å². The third-order valence-electron chi connectivity index (χ3n) is 19.3. The molecule has 1 amide bonds. The molecule has 7 saturated carbocycles. The number of carbonyl (C=O) groups is 7. The van der Waals surface area contributed by atoms with E-state index >= 15 is 0 Å². The topological polar surface area (TPSA) is 178 Å². The van der Waals surface area contributed by atoms with Gasteiger partial charge in [-0.25, -0.2) is 4.79 Å². The summed E-state index contributed by atoms with van der Waals surface area (Å²) in [5.41, 5.74) is -1.91. The Morgan fingerprint density at radius 1 is 0.580 bits per heavy atom. The molecule has 480 valence electrons. The van der Waals surface area contributed by atoms with Gasteiger partial charge >= 0.3 is 29.8 Å². The number of rotatable bonds is 16. The van der Waals surface area contributed by atoms with E-state index in [1.165, 1.54) is 56.7 Å². The van der Waals surface area contributed by atoms with Gasteiger partial charge in [0, 0.05) is 17.1 Å². The van der Waals surface area contributed by atoms with Gasteiger partial charge in [-0.3, -0.25) is 28.8 Å². The van der Waals surface area contributed by atoms with Crippen molar-refractivity contribution < 1.29 is 57.2 Å². The van der Waals surface area contributed by atoms with Gasteiger partial charge in [0.05, 0.1) is 28.2 Å². The van der Waals surface area contributed by atoms with Crippen LogP contribution in [0, 0.1) is 63.1 Å². The molecule has 3 heterocycles. The molecule has 3 saturated heterocycles. The summed E-state index contributed by atoms with van der Waals surface area (Å²) in [7, 11) is 0. The maximum atomic E-state index is 12.6. The molecule has 0 aromatic carbocycles. The minimum atomic E-state index is -0.615. The van der Waals surface area contributed by atoms with E-state index in [1.807, 2.05) is 62.3 Å². The Labute approximate surface area is 502 Å². The number of amides is 1. The molecule has 10 aliphatic rings. The Kier molecular flexibility index (Phi) is 36.1. The Hall–Kier alpha value is -3.16. The van der Waals surface area contributed by atoms with Crippen LogP contribution < -0.4 is 5.32 Å². The van der Waals surface area contributed by atoms with Crippen molar-refractivity contribution in [2.45, 2.75) is 314 Å². The van der Waals surface area contributed by atoms with Crippen LogP contribution in [-0.4, -0.2) is 82.7 Å². The second kappa shape index (κ2) is 34.7. The number of nitrogens with one attached hydrogen (secondary N) is 1. The average molecular weight is 1170 g/mol. The Morgan fingerprint density at radius 2 is 1.05 bits per heavy atom. The number of thioether (sulfide) groups is 1. The average Bonchev–Trinajstić information content (AvgIpc) is 3.97. The highest BCUT2D eigenvalue weighted by atomic mass is 32.2. The van der Waals surface area contributed by atoms with Gasteiger partial charge in [-0.2, -0.15) is 0 Å². The van der Waals surface area contributed by atoms with Crippen LogP contribution in [0.1, 0.15) is 285 Å². The van der Waals surface area contributed by atoms with E-state index in [0.29, 0.717) is 24.2 Å². The normalized spacial score (nSPS) is 28.4. The monoisotopic (exact) mass is 1170 g/mol. The highest BCUT2D eigenvalue weighted by Crippen LogP contribution is 2.61. The van der Waals surface area contributed by atoms with Gasteiger partial charge in [-0.15, -0.1) is 0 Å². The Morgan fingerprint density at radius 3 is 1.49 bits per heavy atom. The predicted molar refractivity (Wildman–Crippen MR) is 338 cm³/mol. The minimum absolute atomic E-state index is 0. The molecule has 0 spiro atoms. The van der Waals surface area contributed by atoms with Crippen molar-refractivity contribution >= 4 is 52.6 Å². The lowest BCUT2D eigenvalue weighted by molar-refractivity contribution is -0.218. The van der Waals surface area contributed by atoms with Crippen molar-refractivity contribution in [3.8, 4) is 0 Å². The van der Waals surface area contributed by atoms with Crippen LogP contribution in [0.5, 0.6) is 0 Å². The zero-order valence-corrected chi connectivity index (χ0v) is 48.5. The van der Waals surface area contributed by atoms with E-state index in [9.17, 15) is 33.6 Å². The van der Waals surface area contributed by atoms with Crippen LogP contribution in [0.25, 0.3) is 0 Å². The van der Waals surface area contributed by atoms with Gasteiger partial charge in [-0.1, -0.05) is 127 Å². The molecule has 0 aromatic rings. The van der Waals surface area contributed by atoms with Crippen LogP contribution in [0.3, 0.4) is 0 Å². The van der Waals surface area contributed by atoms with E-state index in [4.69, 9.17) is 23.7 Å². The molecule has 13 nitrogen and oxygen atoms in total. The summed E-state index contributed by atoms with van der Waals surface area (Å²) in [6.07, 6.45) is 19.6. The first-order valence-electron chi connectivity index (χ1n) is 28.7. The maximum absolute atomic E-state index is 12.6. The molecule has 10 fully saturated rings. The molecule has 6 unspecified atom stereocenters. The third-order valence-corrected chi connectivity index (χ3v) is 20.3. The lowest BCUT2D eigenvalue weighted by Gasteiger charge is -2.60. The molecule has 3 aliphatic heterocycles. The van der Waals surface area contributed by atoms with Crippen molar-refractivity contribution in [2.75, 3.05) is 12.4 Å². The van der Waals surface area contributed by atoms with Crippen molar-refractivity contribution in [3.63, 3.8) is 0 Å². The molecule has 0 radical (unpaired) electrons. The molecule has 10 rings (SSSR count). The van der Waals surface area contributed by atoms with Crippen molar-refractivity contribution in [1.82, 2.24) is 5.32 Å². The molecule has 7 aliphatic carbocycles. The fourth-order valence-electron chi connectivity index (χ4n) is 12.5. The van der Waals surface area contributed by atoms with Crippen molar-refractivity contribution in [2.24, 2.45) is 63.1 Å². The first-order valence-corrected chi connectivity index (χ1v) is 29.6. The van der Waals surface area contributed by atoms with E-state index in [2.05, 4.69) is 26.1 Å².